The second-order valence-corrected chi connectivity index (χ2v) is 2.39. The van der Waals surface area contributed by atoms with Gasteiger partial charge in [0.05, 0.1) is 5.56 Å². The minimum atomic E-state index is -4.65. The second kappa shape index (κ2) is 3.17. The van der Waals surface area contributed by atoms with Gasteiger partial charge in [0.2, 0.25) is 0 Å². The van der Waals surface area contributed by atoms with Crippen LogP contribution in [0.4, 0.5) is 13.2 Å². The van der Waals surface area contributed by atoms with Crippen LogP contribution in [0.3, 0.4) is 0 Å². The average molecular weight is 207 g/mol. The summed E-state index contributed by atoms with van der Waals surface area (Å²) in [5, 5.41) is 17.2. The molecule has 1 aromatic rings. The predicted octanol–water partition coefficient (Wildman–Crippen LogP) is 1.50. The Labute approximate surface area is 75.6 Å². The molecule has 0 spiro atoms. The van der Waals surface area contributed by atoms with E-state index in [1.54, 1.807) is 0 Å². The molecule has 0 bridgehead atoms. The van der Waals surface area contributed by atoms with Gasteiger partial charge in [-0.25, -0.2) is 9.78 Å². The molecule has 1 aromatic heterocycles. The van der Waals surface area contributed by atoms with Crippen LogP contribution in [0.5, 0.6) is 5.75 Å². The number of aromatic nitrogens is 1. The standard InChI is InChI=1S/C7H4F3NO3/c8-7(9,10)3-1-4(12)5(6(13)14)11-2-3/h1-2,12H,(H,13,14). The van der Waals surface area contributed by atoms with E-state index < -0.39 is 29.2 Å². The third-order valence-electron chi connectivity index (χ3n) is 1.40. The highest BCUT2D eigenvalue weighted by molar-refractivity contribution is 5.88. The number of aromatic hydroxyl groups is 1. The van der Waals surface area contributed by atoms with Gasteiger partial charge >= 0.3 is 12.1 Å². The Morgan fingerprint density at radius 2 is 2.00 bits per heavy atom. The summed E-state index contributed by atoms with van der Waals surface area (Å²) in [6.45, 7) is 0. The van der Waals surface area contributed by atoms with Crippen molar-refractivity contribution in [3.63, 3.8) is 0 Å². The van der Waals surface area contributed by atoms with Crippen LogP contribution in [0.15, 0.2) is 12.3 Å². The first-order chi connectivity index (χ1) is 6.32. The Morgan fingerprint density at radius 1 is 1.43 bits per heavy atom. The lowest BCUT2D eigenvalue weighted by molar-refractivity contribution is -0.138. The van der Waals surface area contributed by atoms with E-state index in [1.165, 1.54) is 0 Å². The molecule has 14 heavy (non-hydrogen) atoms. The third kappa shape index (κ3) is 1.93. The lowest BCUT2D eigenvalue weighted by atomic mass is 10.2. The molecule has 0 aromatic carbocycles. The summed E-state index contributed by atoms with van der Waals surface area (Å²) in [6.07, 6.45) is -4.30. The molecule has 0 unspecified atom stereocenters. The Balaban J connectivity index is 3.20. The molecule has 1 heterocycles. The fourth-order valence-electron chi connectivity index (χ4n) is 0.773. The lowest BCUT2D eigenvalue weighted by Crippen LogP contribution is -2.08. The maximum atomic E-state index is 12.0. The van der Waals surface area contributed by atoms with Crippen molar-refractivity contribution in [2.45, 2.75) is 6.18 Å². The SMILES string of the molecule is O=C(O)c1ncc(C(F)(F)F)cc1O. The largest absolute Gasteiger partial charge is 0.505 e. The molecule has 0 aliphatic heterocycles. The van der Waals surface area contributed by atoms with E-state index in [0.717, 1.165) is 0 Å². The first-order valence-electron chi connectivity index (χ1n) is 3.32. The molecule has 0 atom stereocenters. The Bertz CT molecular complexity index is 375. The van der Waals surface area contributed by atoms with E-state index in [4.69, 9.17) is 10.2 Å². The molecule has 0 saturated heterocycles. The number of hydrogen-bond donors (Lipinski definition) is 2. The fourth-order valence-corrected chi connectivity index (χ4v) is 0.773. The third-order valence-corrected chi connectivity index (χ3v) is 1.40. The first-order valence-corrected chi connectivity index (χ1v) is 3.32. The summed E-state index contributed by atoms with van der Waals surface area (Å²) >= 11 is 0. The summed E-state index contributed by atoms with van der Waals surface area (Å²) in [7, 11) is 0. The minimum absolute atomic E-state index is 0.316. The first kappa shape index (κ1) is 10.3. The van der Waals surface area contributed by atoms with E-state index in [2.05, 4.69) is 4.98 Å². The molecule has 4 nitrogen and oxygen atoms in total. The molecule has 76 valence electrons. The van der Waals surface area contributed by atoms with Crippen LogP contribution in [-0.2, 0) is 6.18 Å². The zero-order chi connectivity index (χ0) is 10.9. The zero-order valence-corrected chi connectivity index (χ0v) is 6.54. The summed E-state index contributed by atoms with van der Waals surface area (Å²) in [6, 6.07) is 0.316. The number of hydrogen-bond acceptors (Lipinski definition) is 3. The van der Waals surface area contributed by atoms with Gasteiger partial charge in [0.1, 0.15) is 5.75 Å². The number of halogens is 3. The molecule has 0 amide bonds. The number of carboxylic acid groups (broad SMARTS) is 1. The molecule has 0 fully saturated rings. The van der Waals surface area contributed by atoms with Crippen LogP contribution in [0.25, 0.3) is 0 Å². The van der Waals surface area contributed by atoms with Gasteiger partial charge in [-0.1, -0.05) is 0 Å². The highest BCUT2D eigenvalue weighted by Crippen LogP contribution is 2.31. The number of carboxylic acids is 1. The van der Waals surface area contributed by atoms with Gasteiger partial charge in [-0.2, -0.15) is 13.2 Å². The summed E-state index contributed by atoms with van der Waals surface area (Å²) in [5.41, 5.74) is -2.00. The highest BCUT2D eigenvalue weighted by Gasteiger charge is 2.32. The summed E-state index contributed by atoms with van der Waals surface area (Å²) in [4.78, 5) is 13.3. The smallest absolute Gasteiger partial charge is 0.418 e. The quantitative estimate of drug-likeness (QED) is 0.732. The number of carbonyl (C=O) groups is 1. The van der Waals surface area contributed by atoms with Crippen LogP contribution in [0.2, 0.25) is 0 Å². The zero-order valence-electron chi connectivity index (χ0n) is 6.54. The van der Waals surface area contributed by atoms with Crippen molar-refractivity contribution in [1.29, 1.82) is 0 Å². The minimum Gasteiger partial charge on any atom is -0.505 e. The molecule has 0 radical (unpaired) electrons. The van der Waals surface area contributed by atoms with E-state index in [1.807, 2.05) is 0 Å². The Morgan fingerprint density at radius 3 is 2.36 bits per heavy atom. The van der Waals surface area contributed by atoms with E-state index in [-0.39, 0.29) is 0 Å². The molecular formula is C7H4F3NO3. The van der Waals surface area contributed by atoms with Gasteiger partial charge in [0, 0.05) is 6.20 Å². The van der Waals surface area contributed by atoms with Crippen molar-refractivity contribution in [2.24, 2.45) is 0 Å². The van der Waals surface area contributed by atoms with Crippen LogP contribution in [0, 0.1) is 0 Å². The Kier molecular flexibility index (Phi) is 2.33. The Hall–Kier alpha value is -1.79. The monoisotopic (exact) mass is 207 g/mol. The topological polar surface area (TPSA) is 70.4 Å². The molecule has 2 N–H and O–H groups in total. The number of rotatable bonds is 1. The highest BCUT2D eigenvalue weighted by atomic mass is 19.4. The number of alkyl halides is 3. The molecular weight excluding hydrogens is 203 g/mol. The predicted molar refractivity (Wildman–Crippen MR) is 37.9 cm³/mol. The van der Waals surface area contributed by atoms with Crippen molar-refractivity contribution in [2.75, 3.05) is 0 Å². The molecule has 7 heteroatoms. The van der Waals surface area contributed by atoms with Crippen LogP contribution >= 0.6 is 0 Å². The molecule has 0 saturated carbocycles. The van der Waals surface area contributed by atoms with Crippen molar-refractivity contribution >= 4 is 5.97 Å². The van der Waals surface area contributed by atoms with Gasteiger partial charge in [-0.15, -0.1) is 0 Å². The molecule has 0 aliphatic rings. The van der Waals surface area contributed by atoms with Gasteiger partial charge in [0.25, 0.3) is 0 Å². The van der Waals surface area contributed by atoms with Gasteiger partial charge in [-0.05, 0) is 6.07 Å². The van der Waals surface area contributed by atoms with E-state index in [0.29, 0.717) is 12.3 Å². The van der Waals surface area contributed by atoms with Crippen molar-refractivity contribution in [3.05, 3.63) is 23.5 Å². The summed E-state index contributed by atoms with van der Waals surface area (Å²) in [5.74, 6) is -2.59. The van der Waals surface area contributed by atoms with E-state index >= 15 is 0 Å². The maximum Gasteiger partial charge on any atom is 0.418 e. The van der Waals surface area contributed by atoms with Crippen molar-refractivity contribution in [1.82, 2.24) is 4.98 Å². The second-order valence-electron chi connectivity index (χ2n) is 2.39. The van der Waals surface area contributed by atoms with E-state index in [9.17, 15) is 18.0 Å². The number of pyridine rings is 1. The molecule has 1 rings (SSSR count). The summed E-state index contributed by atoms with van der Waals surface area (Å²) < 4.78 is 36.0. The normalized spacial score (nSPS) is 11.4. The van der Waals surface area contributed by atoms with Crippen molar-refractivity contribution in [3.8, 4) is 5.75 Å². The van der Waals surface area contributed by atoms with Crippen LogP contribution in [-0.4, -0.2) is 21.2 Å². The molecule has 0 aliphatic carbocycles. The number of aromatic carboxylic acids is 1. The van der Waals surface area contributed by atoms with Crippen molar-refractivity contribution < 1.29 is 28.2 Å². The maximum absolute atomic E-state index is 12.0. The fraction of sp³-hybridized carbons (Fsp3) is 0.143. The lowest BCUT2D eigenvalue weighted by Gasteiger charge is -2.06. The van der Waals surface area contributed by atoms with Crippen LogP contribution in [0.1, 0.15) is 16.1 Å². The van der Waals surface area contributed by atoms with Gasteiger partial charge < -0.3 is 10.2 Å². The van der Waals surface area contributed by atoms with Gasteiger partial charge in [-0.3, -0.25) is 0 Å². The number of nitrogens with zero attached hydrogens (tertiary/aromatic N) is 1. The van der Waals surface area contributed by atoms with Crippen LogP contribution < -0.4 is 0 Å². The van der Waals surface area contributed by atoms with Gasteiger partial charge in [0.15, 0.2) is 5.69 Å². The average Bonchev–Trinajstić information content (AvgIpc) is 2.01.